The van der Waals surface area contributed by atoms with Gasteiger partial charge in [-0.3, -0.25) is 4.79 Å². The van der Waals surface area contributed by atoms with Gasteiger partial charge in [-0.1, -0.05) is 24.3 Å². The largest absolute Gasteiger partial charge is 0.497 e. The van der Waals surface area contributed by atoms with E-state index in [2.05, 4.69) is 24.3 Å². The molecule has 0 saturated carbocycles. The number of carbonyl (C=O) groups excluding carboxylic acids is 1. The van der Waals surface area contributed by atoms with Gasteiger partial charge < -0.3 is 9.47 Å². The summed E-state index contributed by atoms with van der Waals surface area (Å²) in [6.07, 6.45) is 0.721. The first-order chi connectivity index (χ1) is 10.8. The van der Waals surface area contributed by atoms with Crippen molar-refractivity contribution in [2.24, 2.45) is 5.92 Å². The fourth-order valence-corrected chi connectivity index (χ4v) is 4.51. The molecule has 110 valence electrons. The monoisotopic (exact) mass is 292 g/mol. The zero-order valence-corrected chi connectivity index (χ0v) is 12.3. The van der Waals surface area contributed by atoms with Gasteiger partial charge >= 0.3 is 0 Å². The maximum Gasteiger partial charge on any atom is 0.163 e. The van der Waals surface area contributed by atoms with Crippen LogP contribution >= 0.6 is 0 Å². The molecule has 5 rings (SSSR count). The van der Waals surface area contributed by atoms with Crippen molar-refractivity contribution in [3.63, 3.8) is 0 Å². The lowest BCUT2D eigenvalue weighted by atomic mass is 9.66. The summed E-state index contributed by atoms with van der Waals surface area (Å²) in [7, 11) is 1.66. The second kappa shape index (κ2) is 4.20. The highest BCUT2D eigenvalue weighted by Gasteiger charge is 2.55. The lowest BCUT2D eigenvalue weighted by molar-refractivity contribution is 0.0564. The summed E-state index contributed by atoms with van der Waals surface area (Å²) in [6.45, 7) is 0. The quantitative estimate of drug-likeness (QED) is 0.802. The van der Waals surface area contributed by atoms with Crippen LogP contribution in [0.5, 0.6) is 5.75 Å². The van der Waals surface area contributed by atoms with Crippen LogP contribution in [0.3, 0.4) is 0 Å². The normalized spacial score (nSPS) is 30.7. The second-order valence-electron chi connectivity index (χ2n) is 6.38. The topological polar surface area (TPSA) is 35.5 Å². The Morgan fingerprint density at radius 2 is 1.82 bits per heavy atom. The van der Waals surface area contributed by atoms with E-state index in [1.54, 1.807) is 7.11 Å². The number of ketones is 1. The molecule has 0 aromatic heterocycles. The maximum atomic E-state index is 12.5. The van der Waals surface area contributed by atoms with Gasteiger partial charge in [-0.15, -0.1) is 0 Å². The van der Waals surface area contributed by atoms with E-state index in [9.17, 15) is 4.79 Å². The number of Topliss-reactive ketones (excluding diaryl/α,β-unsaturated/α-hetero) is 1. The van der Waals surface area contributed by atoms with Gasteiger partial charge in [0, 0.05) is 23.8 Å². The van der Waals surface area contributed by atoms with E-state index < -0.39 is 0 Å². The predicted octanol–water partition coefficient (Wildman–Crippen LogP) is 3.81. The summed E-state index contributed by atoms with van der Waals surface area (Å²) in [4.78, 5) is 12.5. The van der Waals surface area contributed by atoms with Crippen molar-refractivity contribution in [2.45, 2.75) is 24.5 Å². The molecule has 1 aliphatic carbocycles. The Kier molecular flexibility index (Phi) is 2.37. The Balaban J connectivity index is 1.70. The van der Waals surface area contributed by atoms with Crippen LogP contribution in [0.15, 0.2) is 42.5 Å². The number of ether oxygens (including phenoxy) is 2. The van der Waals surface area contributed by atoms with Crippen molar-refractivity contribution in [2.75, 3.05) is 7.11 Å². The molecule has 2 heterocycles. The molecule has 2 aliphatic heterocycles. The van der Waals surface area contributed by atoms with Crippen molar-refractivity contribution in [3.8, 4) is 5.75 Å². The van der Waals surface area contributed by atoms with E-state index in [1.165, 1.54) is 11.1 Å². The summed E-state index contributed by atoms with van der Waals surface area (Å²) in [5, 5.41) is 0. The molecule has 0 spiro atoms. The first-order valence-corrected chi connectivity index (χ1v) is 7.73. The van der Waals surface area contributed by atoms with E-state index in [0.717, 1.165) is 16.9 Å². The van der Waals surface area contributed by atoms with Crippen LogP contribution in [0.4, 0.5) is 0 Å². The van der Waals surface area contributed by atoms with E-state index in [1.807, 2.05) is 18.2 Å². The highest BCUT2D eigenvalue weighted by molar-refractivity contribution is 5.99. The van der Waals surface area contributed by atoms with Crippen LogP contribution in [-0.4, -0.2) is 12.9 Å². The number of methoxy groups -OCH3 is 1. The molecule has 0 amide bonds. The highest BCUT2D eigenvalue weighted by atomic mass is 16.5. The fourth-order valence-electron chi connectivity index (χ4n) is 4.51. The van der Waals surface area contributed by atoms with Crippen molar-refractivity contribution in [1.82, 2.24) is 0 Å². The van der Waals surface area contributed by atoms with Crippen LogP contribution in [0.2, 0.25) is 0 Å². The third-order valence-electron chi connectivity index (χ3n) is 5.42. The minimum Gasteiger partial charge on any atom is -0.497 e. The van der Waals surface area contributed by atoms with Crippen molar-refractivity contribution in [3.05, 3.63) is 64.7 Å². The Morgan fingerprint density at radius 3 is 2.59 bits per heavy atom. The minimum atomic E-state index is 0.0644. The predicted molar refractivity (Wildman–Crippen MR) is 81.2 cm³/mol. The summed E-state index contributed by atoms with van der Waals surface area (Å²) in [5.41, 5.74) is 4.50. The fraction of sp³-hybridized carbons (Fsp3) is 0.316. The number of benzene rings is 2. The van der Waals surface area contributed by atoms with Crippen molar-refractivity contribution < 1.29 is 14.3 Å². The van der Waals surface area contributed by atoms with Crippen LogP contribution in [0, 0.1) is 5.92 Å². The van der Waals surface area contributed by atoms with Gasteiger partial charge in [-0.05, 0) is 34.9 Å². The van der Waals surface area contributed by atoms with Gasteiger partial charge in [0.1, 0.15) is 5.75 Å². The highest BCUT2D eigenvalue weighted by Crippen LogP contribution is 2.64. The Hall–Kier alpha value is -2.13. The average molecular weight is 292 g/mol. The standard InChI is InChI=1S/C19H16O3/c1-21-10-6-7-11-14(8-10)17-15(9-16(11)20)18-12-4-2-3-5-13(12)19(17)22-18/h2-8,15,17-19H,9H2,1H3/t15-,17+,18+,19-/m0/s1. The average Bonchev–Trinajstić information content (AvgIpc) is 3.11. The molecule has 0 radical (unpaired) electrons. The zero-order chi connectivity index (χ0) is 14.8. The lowest BCUT2D eigenvalue weighted by Crippen LogP contribution is -2.29. The molecule has 2 bridgehead atoms. The van der Waals surface area contributed by atoms with Gasteiger partial charge in [0.15, 0.2) is 5.78 Å². The smallest absolute Gasteiger partial charge is 0.163 e. The molecule has 3 heteroatoms. The van der Waals surface area contributed by atoms with Crippen molar-refractivity contribution in [1.29, 1.82) is 0 Å². The van der Waals surface area contributed by atoms with Crippen molar-refractivity contribution >= 4 is 5.78 Å². The van der Waals surface area contributed by atoms with Crippen LogP contribution in [-0.2, 0) is 4.74 Å². The first-order valence-electron chi connectivity index (χ1n) is 7.73. The third kappa shape index (κ3) is 1.42. The molecular formula is C19H16O3. The second-order valence-corrected chi connectivity index (χ2v) is 6.38. The molecule has 1 saturated heterocycles. The Bertz CT molecular complexity index is 795. The van der Waals surface area contributed by atoms with Crippen LogP contribution in [0.25, 0.3) is 0 Å². The molecule has 4 atom stereocenters. The van der Waals surface area contributed by atoms with Gasteiger partial charge in [-0.25, -0.2) is 0 Å². The number of carbonyl (C=O) groups is 1. The third-order valence-corrected chi connectivity index (χ3v) is 5.42. The molecule has 3 aliphatic rings. The van der Waals surface area contributed by atoms with E-state index >= 15 is 0 Å². The molecule has 2 aromatic carbocycles. The SMILES string of the molecule is COc1ccc2c(c1)[C@@H]1[C@H](CC2=O)[C@@H]2O[C@H]1c1ccccc12. The zero-order valence-electron chi connectivity index (χ0n) is 12.3. The van der Waals surface area contributed by atoms with Crippen LogP contribution < -0.4 is 4.74 Å². The summed E-state index contributed by atoms with van der Waals surface area (Å²) in [5.74, 6) is 1.56. The van der Waals surface area contributed by atoms with Gasteiger partial charge in [-0.2, -0.15) is 0 Å². The molecule has 0 unspecified atom stereocenters. The van der Waals surface area contributed by atoms with Gasteiger partial charge in [0.05, 0.1) is 19.3 Å². The van der Waals surface area contributed by atoms with E-state index in [-0.39, 0.29) is 29.8 Å². The molecule has 3 nitrogen and oxygen atoms in total. The number of fused-ring (bicyclic) bond motifs is 10. The minimum absolute atomic E-state index is 0.0644. The number of hydrogen-bond acceptors (Lipinski definition) is 3. The molecule has 0 N–H and O–H groups in total. The van der Waals surface area contributed by atoms with E-state index in [4.69, 9.17) is 9.47 Å². The van der Waals surface area contributed by atoms with Gasteiger partial charge in [0.2, 0.25) is 0 Å². The lowest BCUT2D eigenvalue weighted by Gasteiger charge is -2.34. The Labute approximate surface area is 128 Å². The molecule has 2 aromatic rings. The Morgan fingerprint density at radius 1 is 1.05 bits per heavy atom. The molecule has 1 fully saturated rings. The maximum absolute atomic E-state index is 12.5. The first kappa shape index (κ1) is 12.4. The number of hydrogen-bond donors (Lipinski definition) is 0. The van der Waals surface area contributed by atoms with Gasteiger partial charge in [0.25, 0.3) is 0 Å². The molecule has 22 heavy (non-hydrogen) atoms. The molecular weight excluding hydrogens is 276 g/mol. The summed E-state index contributed by atoms with van der Waals surface area (Å²) >= 11 is 0. The van der Waals surface area contributed by atoms with Crippen LogP contribution in [0.1, 0.15) is 51.6 Å². The summed E-state index contributed by atoms with van der Waals surface area (Å²) < 4.78 is 11.6. The summed E-state index contributed by atoms with van der Waals surface area (Å²) in [6, 6.07) is 14.2. The van der Waals surface area contributed by atoms with E-state index in [0.29, 0.717) is 6.42 Å². The number of rotatable bonds is 1.